The Labute approximate surface area is 205 Å². The predicted molar refractivity (Wildman–Crippen MR) is 123 cm³/mol. The first-order valence-electron chi connectivity index (χ1n) is 10.4. The quantitative estimate of drug-likeness (QED) is 0.456. The van der Waals surface area contributed by atoms with Crippen molar-refractivity contribution in [3.63, 3.8) is 0 Å². The number of nitrogens with one attached hydrogen (secondary N) is 1. The average Bonchev–Trinajstić information content (AvgIpc) is 3.23. The summed E-state index contributed by atoms with van der Waals surface area (Å²) < 4.78 is 43.4. The number of aliphatic hydroxyl groups excluding tert-OH is 1. The van der Waals surface area contributed by atoms with Crippen molar-refractivity contribution in [3.05, 3.63) is 58.1 Å². The number of carbonyl (C=O) groups is 1. The van der Waals surface area contributed by atoms with Crippen molar-refractivity contribution in [2.75, 3.05) is 13.2 Å². The van der Waals surface area contributed by atoms with E-state index < -0.39 is 18.2 Å². The summed E-state index contributed by atoms with van der Waals surface area (Å²) in [6.07, 6.45) is -5.03. The third-order valence-corrected chi connectivity index (χ3v) is 5.81. The Morgan fingerprint density at radius 2 is 1.79 bits per heavy atom. The number of aliphatic hydroxyl groups is 1. The number of rotatable bonds is 7. The van der Waals surface area contributed by atoms with E-state index in [-0.39, 0.29) is 18.8 Å². The van der Waals surface area contributed by atoms with Crippen molar-refractivity contribution in [1.82, 2.24) is 5.32 Å². The van der Waals surface area contributed by atoms with Crippen molar-refractivity contribution in [2.45, 2.75) is 50.6 Å². The van der Waals surface area contributed by atoms with E-state index in [0.717, 1.165) is 5.75 Å². The Kier molecular flexibility index (Phi) is 10.3. The van der Waals surface area contributed by atoms with Crippen LogP contribution < -0.4 is 14.8 Å². The van der Waals surface area contributed by atoms with Gasteiger partial charge in [0.05, 0.1) is 5.02 Å². The lowest BCUT2D eigenvalue weighted by molar-refractivity contribution is -0.192. The molecule has 0 aliphatic carbocycles. The summed E-state index contributed by atoms with van der Waals surface area (Å²) in [7, 11) is 0. The predicted octanol–water partition coefficient (Wildman–Crippen LogP) is 5.30. The Balaban J connectivity index is 0.000000509. The fourth-order valence-corrected chi connectivity index (χ4v) is 3.47. The average molecular weight is 524 g/mol. The van der Waals surface area contributed by atoms with E-state index in [1.54, 1.807) is 18.2 Å². The molecule has 0 spiro atoms. The summed E-state index contributed by atoms with van der Waals surface area (Å²) in [6.45, 7) is 5.15. The van der Waals surface area contributed by atoms with E-state index in [4.69, 9.17) is 42.6 Å². The van der Waals surface area contributed by atoms with Crippen LogP contribution in [0.5, 0.6) is 11.5 Å². The summed E-state index contributed by atoms with van der Waals surface area (Å²) in [5.74, 6) is -0.935. The van der Waals surface area contributed by atoms with Crippen LogP contribution in [-0.4, -0.2) is 53.8 Å². The van der Waals surface area contributed by atoms with E-state index in [2.05, 4.69) is 31.3 Å². The van der Waals surface area contributed by atoms with Gasteiger partial charge < -0.3 is 25.0 Å². The molecular weight excluding hydrogens is 498 g/mol. The van der Waals surface area contributed by atoms with Gasteiger partial charge in [0.1, 0.15) is 35.3 Å². The summed E-state index contributed by atoms with van der Waals surface area (Å²) >= 11 is 12.1. The monoisotopic (exact) mass is 523 g/mol. The molecule has 2 aromatic carbocycles. The summed E-state index contributed by atoms with van der Waals surface area (Å²) in [6, 6.07) is 13.3. The van der Waals surface area contributed by atoms with Gasteiger partial charge in [-0.1, -0.05) is 55.2 Å². The van der Waals surface area contributed by atoms with Crippen LogP contribution in [0.1, 0.15) is 31.7 Å². The van der Waals surface area contributed by atoms with Gasteiger partial charge in [-0.25, -0.2) is 4.79 Å². The SMILES string of the molecule is CC(C)c1ccc(OC2CNC(C(O)COc3cccc(Cl)c3Cl)C2)cc1.O=C(O)C(F)(F)F. The molecule has 1 aliphatic rings. The number of ether oxygens (including phenoxy) is 2. The maximum atomic E-state index is 10.6. The maximum absolute atomic E-state index is 10.6. The summed E-state index contributed by atoms with van der Waals surface area (Å²) in [4.78, 5) is 8.90. The molecule has 188 valence electrons. The van der Waals surface area contributed by atoms with Crippen LogP contribution in [0.4, 0.5) is 13.2 Å². The van der Waals surface area contributed by atoms with Crippen LogP contribution in [-0.2, 0) is 4.79 Å². The molecule has 1 aliphatic heterocycles. The van der Waals surface area contributed by atoms with Crippen molar-refractivity contribution in [1.29, 1.82) is 0 Å². The minimum absolute atomic E-state index is 0.0179. The second-order valence-corrected chi connectivity index (χ2v) is 8.73. The van der Waals surface area contributed by atoms with Gasteiger partial charge in [0.15, 0.2) is 0 Å². The van der Waals surface area contributed by atoms with Crippen molar-refractivity contribution in [3.8, 4) is 11.5 Å². The fraction of sp³-hybridized carbons (Fsp3) is 0.435. The van der Waals surface area contributed by atoms with Crippen LogP contribution in [0.25, 0.3) is 0 Å². The van der Waals surface area contributed by atoms with E-state index in [1.807, 2.05) is 12.1 Å². The molecular formula is C23H26Cl2F3NO5. The molecule has 3 N–H and O–H groups in total. The molecule has 0 saturated carbocycles. The van der Waals surface area contributed by atoms with Crippen LogP contribution in [0, 0.1) is 0 Å². The topological polar surface area (TPSA) is 88.0 Å². The van der Waals surface area contributed by atoms with Crippen molar-refractivity contribution < 1.29 is 37.7 Å². The van der Waals surface area contributed by atoms with Crippen LogP contribution >= 0.6 is 23.2 Å². The third-order valence-electron chi connectivity index (χ3n) is 5.01. The highest BCUT2D eigenvalue weighted by molar-refractivity contribution is 6.42. The zero-order chi connectivity index (χ0) is 25.5. The molecule has 11 heteroatoms. The highest BCUT2D eigenvalue weighted by Crippen LogP contribution is 2.31. The number of carboxylic acids is 1. The maximum Gasteiger partial charge on any atom is 0.490 e. The van der Waals surface area contributed by atoms with Crippen molar-refractivity contribution >= 4 is 29.2 Å². The van der Waals surface area contributed by atoms with E-state index >= 15 is 0 Å². The molecule has 34 heavy (non-hydrogen) atoms. The number of hydrogen-bond acceptors (Lipinski definition) is 5. The van der Waals surface area contributed by atoms with Gasteiger partial charge >= 0.3 is 12.1 Å². The Morgan fingerprint density at radius 1 is 1.18 bits per heavy atom. The minimum Gasteiger partial charge on any atom is -0.489 e. The van der Waals surface area contributed by atoms with E-state index in [1.165, 1.54) is 5.56 Å². The number of halogens is 5. The zero-order valence-electron chi connectivity index (χ0n) is 18.5. The molecule has 3 unspecified atom stereocenters. The lowest BCUT2D eigenvalue weighted by Crippen LogP contribution is -2.38. The Hall–Kier alpha value is -2.20. The molecule has 3 atom stereocenters. The molecule has 3 rings (SSSR count). The molecule has 1 heterocycles. The van der Waals surface area contributed by atoms with Gasteiger partial charge in [-0.15, -0.1) is 0 Å². The lowest BCUT2D eigenvalue weighted by atomic mass is 10.0. The Morgan fingerprint density at radius 3 is 2.35 bits per heavy atom. The Bertz CT molecular complexity index is 941. The molecule has 6 nitrogen and oxygen atoms in total. The first-order chi connectivity index (χ1) is 15.9. The lowest BCUT2D eigenvalue weighted by Gasteiger charge is -2.19. The number of alkyl halides is 3. The number of hydrogen-bond donors (Lipinski definition) is 3. The molecule has 1 saturated heterocycles. The first kappa shape index (κ1) is 28.0. The van der Waals surface area contributed by atoms with Gasteiger partial charge in [-0.3, -0.25) is 0 Å². The zero-order valence-corrected chi connectivity index (χ0v) is 20.0. The smallest absolute Gasteiger partial charge is 0.489 e. The van der Waals surface area contributed by atoms with Gasteiger partial charge in [0.2, 0.25) is 0 Å². The number of carboxylic acid groups (broad SMARTS) is 1. The van der Waals surface area contributed by atoms with E-state index in [9.17, 15) is 18.3 Å². The standard InChI is InChI=1S/C21H25Cl2NO3.C2HF3O2/c1-13(2)14-6-8-15(9-7-14)27-16-10-18(24-11-16)19(25)12-26-20-5-3-4-17(22)21(20)23;3-2(4,5)1(6)7/h3-9,13,16,18-19,24-25H,10-12H2,1-2H3;(H,6,7). The minimum atomic E-state index is -5.08. The summed E-state index contributed by atoms with van der Waals surface area (Å²) in [5, 5.41) is 21.7. The van der Waals surface area contributed by atoms with Crippen LogP contribution in [0.3, 0.4) is 0 Å². The van der Waals surface area contributed by atoms with Crippen LogP contribution in [0.15, 0.2) is 42.5 Å². The van der Waals surface area contributed by atoms with Gasteiger partial charge in [0, 0.05) is 19.0 Å². The second kappa shape index (κ2) is 12.5. The third kappa shape index (κ3) is 8.54. The summed E-state index contributed by atoms with van der Waals surface area (Å²) in [5.41, 5.74) is 1.29. The highest BCUT2D eigenvalue weighted by atomic mass is 35.5. The van der Waals surface area contributed by atoms with Gasteiger partial charge in [-0.05, 0) is 35.7 Å². The van der Waals surface area contributed by atoms with Gasteiger partial charge in [0.25, 0.3) is 0 Å². The number of aliphatic carboxylic acids is 1. The normalized spacial score (nSPS) is 18.7. The second-order valence-electron chi connectivity index (χ2n) is 7.95. The molecule has 2 aromatic rings. The molecule has 0 aromatic heterocycles. The number of benzene rings is 2. The largest absolute Gasteiger partial charge is 0.490 e. The molecule has 0 radical (unpaired) electrons. The van der Waals surface area contributed by atoms with E-state index in [0.29, 0.717) is 34.7 Å². The van der Waals surface area contributed by atoms with Crippen molar-refractivity contribution in [2.24, 2.45) is 0 Å². The van der Waals surface area contributed by atoms with Gasteiger partial charge in [-0.2, -0.15) is 13.2 Å². The fourth-order valence-electron chi connectivity index (χ4n) is 3.13. The molecule has 0 bridgehead atoms. The van der Waals surface area contributed by atoms with Crippen LogP contribution in [0.2, 0.25) is 10.0 Å². The highest BCUT2D eigenvalue weighted by Gasteiger charge is 2.38. The molecule has 0 amide bonds. The first-order valence-corrected chi connectivity index (χ1v) is 11.2. The molecule has 1 fully saturated rings.